The smallest absolute Gasteiger partial charge is 0.309 e. The highest BCUT2D eigenvalue weighted by atomic mass is 32.2. The molecular formula is C24H21F3N4O3S. The number of nitrogens with zero attached hydrogens (tertiary/aromatic N) is 4. The lowest BCUT2D eigenvalue weighted by molar-refractivity contribution is -0.138. The summed E-state index contributed by atoms with van der Waals surface area (Å²) in [6.45, 7) is 3.37. The molecule has 1 aromatic heterocycles. The van der Waals surface area contributed by atoms with Gasteiger partial charge >= 0.3 is 6.18 Å². The number of fused-ring (bicyclic) bond motifs is 2. The maximum absolute atomic E-state index is 14.2. The van der Waals surface area contributed by atoms with Crippen LogP contribution in [0.1, 0.15) is 23.7 Å². The topological polar surface area (TPSA) is 67.6 Å². The molecule has 2 aliphatic rings. The summed E-state index contributed by atoms with van der Waals surface area (Å²) in [6.07, 6.45) is -4.77. The lowest BCUT2D eigenvalue weighted by Gasteiger charge is -2.33. The molecule has 3 heterocycles. The van der Waals surface area contributed by atoms with Crippen molar-refractivity contribution in [3.8, 4) is 5.69 Å². The normalized spacial score (nSPS) is 19.8. The van der Waals surface area contributed by atoms with Crippen LogP contribution in [0.2, 0.25) is 0 Å². The van der Waals surface area contributed by atoms with Gasteiger partial charge in [-0.25, -0.2) is 4.68 Å². The van der Waals surface area contributed by atoms with Crippen LogP contribution in [0.3, 0.4) is 0 Å². The van der Waals surface area contributed by atoms with Crippen LogP contribution in [0.15, 0.2) is 53.3 Å². The van der Waals surface area contributed by atoms with E-state index in [0.29, 0.717) is 11.4 Å². The zero-order chi connectivity index (χ0) is 25.3. The molecule has 1 unspecified atom stereocenters. The molecule has 2 aliphatic heterocycles. The number of para-hydroxylation sites is 1. The number of hydrogen-bond donors (Lipinski definition) is 0. The number of carbonyl (C=O) groups excluding carboxylic acids is 2. The number of anilines is 2. The Kier molecular flexibility index (Phi) is 5.17. The maximum atomic E-state index is 14.2. The molecule has 1 spiro atoms. The summed E-state index contributed by atoms with van der Waals surface area (Å²) >= 11 is 0.820. The molecule has 11 heteroatoms. The van der Waals surface area contributed by atoms with Gasteiger partial charge in [0, 0.05) is 19.2 Å². The number of rotatable bonds is 3. The number of thioether (sulfide) groups is 1. The van der Waals surface area contributed by atoms with Crippen molar-refractivity contribution in [3.63, 3.8) is 0 Å². The summed E-state index contributed by atoms with van der Waals surface area (Å²) in [6, 6.07) is 12.3. The Labute approximate surface area is 202 Å². The van der Waals surface area contributed by atoms with E-state index >= 15 is 0 Å². The largest absolute Gasteiger partial charge is 0.416 e. The Hall–Kier alpha value is -3.47. The third-order valence-corrected chi connectivity index (χ3v) is 7.92. The van der Waals surface area contributed by atoms with Gasteiger partial charge in [0.1, 0.15) is 5.69 Å². The van der Waals surface area contributed by atoms with Gasteiger partial charge in [-0.2, -0.15) is 13.2 Å². The van der Waals surface area contributed by atoms with Crippen molar-refractivity contribution in [2.24, 2.45) is 7.05 Å². The van der Waals surface area contributed by atoms with Crippen LogP contribution >= 0.6 is 11.8 Å². The molecule has 0 N–H and O–H groups in total. The molecule has 2 aromatic carbocycles. The fourth-order valence-corrected chi connectivity index (χ4v) is 6.35. The highest BCUT2D eigenvalue weighted by Crippen LogP contribution is 2.58. The predicted molar refractivity (Wildman–Crippen MR) is 127 cm³/mol. The summed E-state index contributed by atoms with van der Waals surface area (Å²) in [5, 5.41) is 0. The number of amides is 2. The maximum Gasteiger partial charge on any atom is 0.416 e. The highest BCUT2D eigenvalue weighted by molar-refractivity contribution is 8.02. The molecule has 1 saturated heterocycles. The van der Waals surface area contributed by atoms with Crippen LogP contribution < -0.4 is 15.4 Å². The molecule has 3 aromatic rings. The Morgan fingerprint density at radius 1 is 1.03 bits per heavy atom. The van der Waals surface area contributed by atoms with E-state index in [2.05, 4.69) is 0 Å². The average Bonchev–Trinajstić information content (AvgIpc) is 3.36. The second-order valence-corrected chi connectivity index (χ2v) is 9.49. The molecular weight excluding hydrogens is 481 g/mol. The molecule has 7 nitrogen and oxygen atoms in total. The number of carbonyl (C=O) groups is 2. The quantitative estimate of drug-likeness (QED) is 0.547. The van der Waals surface area contributed by atoms with E-state index < -0.39 is 34.0 Å². The number of benzene rings is 2. The zero-order valence-corrected chi connectivity index (χ0v) is 19.9. The van der Waals surface area contributed by atoms with Crippen molar-refractivity contribution in [3.05, 3.63) is 75.7 Å². The predicted octanol–water partition coefficient (Wildman–Crippen LogP) is 3.80. The lowest BCUT2D eigenvalue weighted by atomic mass is 9.98. The molecule has 0 saturated carbocycles. The number of halogens is 3. The fourth-order valence-electron chi connectivity index (χ4n) is 4.98. The zero-order valence-electron chi connectivity index (χ0n) is 19.1. The molecule has 2 amide bonds. The molecule has 182 valence electrons. The third kappa shape index (κ3) is 3.03. The number of likely N-dealkylation sites (N-methyl/N-ethyl adjacent to an activating group) is 1. The first-order valence-electron chi connectivity index (χ1n) is 10.9. The molecule has 0 radical (unpaired) electrons. The molecule has 5 rings (SSSR count). The van der Waals surface area contributed by atoms with Gasteiger partial charge in [-0.3, -0.25) is 24.0 Å². The second kappa shape index (κ2) is 7.77. The van der Waals surface area contributed by atoms with Crippen molar-refractivity contribution >= 4 is 35.0 Å². The number of alkyl halides is 3. The highest BCUT2D eigenvalue weighted by Gasteiger charge is 2.64. The van der Waals surface area contributed by atoms with Crippen LogP contribution in [-0.4, -0.2) is 33.5 Å². The first-order chi connectivity index (χ1) is 16.6. The van der Waals surface area contributed by atoms with Crippen molar-refractivity contribution in [1.29, 1.82) is 0 Å². The summed E-state index contributed by atoms with van der Waals surface area (Å²) in [5.41, 5.74) is -1.04. The molecule has 35 heavy (non-hydrogen) atoms. The van der Waals surface area contributed by atoms with Crippen molar-refractivity contribution in [2.75, 3.05) is 22.1 Å². The van der Waals surface area contributed by atoms with Crippen LogP contribution in [0.25, 0.3) is 5.69 Å². The molecule has 1 atom stereocenters. The van der Waals surface area contributed by atoms with Gasteiger partial charge in [0.15, 0.2) is 0 Å². The Morgan fingerprint density at radius 2 is 1.71 bits per heavy atom. The van der Waals surface area contributed by atoms with Crippen molar-refractivity contribution in [1.82, 2.24) is 9.36 Å². The summed E-state index contributed by atoms with van der Waals surface area (Å²) in [5.74, 6) is -1.51. The van der Waals surface area contributed by atoms with E-state index in [1.54, 1.807) is 51.2 Å². The average molecular weight is 503 g/mol. The van der Waals surface area contributed by atoms with Gasteiger partial charge in [-0.05, 0) is 38.1 Å². The van der Waals surface area contributed by atoms with Crippen LogP contribution in [0.4, 0.5) is 24.5 Å². The molecule has 1 fully saturated rings. The third-order valence-electron chi connectivity index (χ3n) is 6.55. The standard InChI is InChI=1S/C24H21F3N4O3S/c1-4-29-17-12-8-11-16(24(25,26)27)19(17)23(22(29)34)30(18(32)13-35-23)20-14(2)28(3)31(21(20)33)15-9-6-5-7-10-15/h5-12H,4,13H2,1-3H3. The van der Waals surface area contributed by atoms with E-state index in [1.165, 1.54) is 26.4 Å². The van der Waals surface area contributed by atoms with Gasteiger partial charge in [0.25, 0.3) is 11.5 Å². The van der Waals surface area contributed by atoms with E-state index in [1.807, 2.05) is 0 Å². The van der Waals surface area contributed by atoms with Gasteiger partial charge in [0.05, 0.1) is 28.4 Å². The van der Waals surface area contributed by atoms with Crippen molar-refractivity contribution < 1.29 is 22.8 Å². The minimum absolute atomic E-state index is 0.0940. The van der Waals surface area contributed by atoms with Crippen molar-refractivity contribution in [2.45, 2.75) is 24.9 Å². The molecule has 0 bridgehead atoms. The minimum atomic E-state index is -4.77. The van der Waals surface area contributed by atoms with Gasteiger partial charge in [0.2, 0.25) is 10.8 Å². The van der Waals surface area contributed by atoms with Gasteiger partial charge in [-0.15, -0.1) is 11.8 Å². The van der Waals surface area contributed by atoms with Crippen LogP contribution in [0, 0.1) is 6.92 Å². The van der Waals surface area contributed by atoms with Crippen LogP contribution in [-0.2, 0) is 27.7 Å². The summed E-state index contributed by atoms with van der Waals surface area (Å²) < 4.78 is 45.5. The first-order valence-corrected chi connectivity index (χ1v) is 11.9. The Balaban J connectivity index is 1.83. The lowest BCUT2D eigenvalue weighted by Crippen LogP contribution is -2.51. The molecule has 0 aliphatic carbocycles. The monoisotopic (exact) mass is 502 g/mol. The second-order valence-electron chi connectivity index (χ2n) is 8.32. The number of aromatic nitrogens is 2. The SMILES string of the molecule is CCN1C(=O)C2(SCC(=O)N2c2c(C)n(C)n(-c3ccccc3)c2=O)c2c1cccc2C(F)(F)F. The summed E-state index contributed by atoms with van der Waals surface area (Å²) in [4.78, 5) is 41.1. The number of hydrogen-bond acceptors (Lipinski definition) is 4. The van der Waals surface area contributed by atoms with E-state index in [0.717, 1.165) is 22.7 Å². The van der Waals surface area contributed by atoms with E-state index in [4.69, 9.17) is 0 Å². The Morgan fingerprint density at radius 3 is 2.34 bits per heavy atom. The minimum Gasteiger partial charge on any atom is -0.309 e. The summed E-state index contributed by atoms with van der Waals surface area (Å²) in [7, 11) is 1.62. The Bertz CT molecular complexity index is 1430. The van der Waals surface area contributed by atoms with Gasteiger partial charge in [-0.1, -0.05) is 24.3 Å². The first kappa shape index (κ1) is 23.3. The van der Waals surface area contributed by atoms with E-state index in [9.17, 15) is 27.6 Å². The van der Waals surface area contributed by atoms with Gasteiger partial charge < -0.3 is 4.90 Å². The fraction of sp³-hybridized carbons (Fsp3) is 0.292. The van der Waals surface area contributed by atoms with E-state index in [-0.39, 0.29) is 29.2 Å². The van der Waals surface area contributed by atoms with Crippen LogP contribution in [0.5, 0.6) is 0 Å².